The second-order valence-corrected chi connectivity index (χ2v) is 7.62. The van der Waals surface area contributed by atoms with E-state index in [0.29, 0.717) is 13.0 Å². The molecule has 0 aromatic heterocycles. The Morgan fingerprint density at radius 3 is 2.61 bits per heavy atom. The van der Waals surface area contributed by atoms with Gasteiger partial charge in [0.15, 0.2) is 0 Å². The van der Waals surface area contributed by atoms with Crippen molar-refractivity contribution in [2.45, 2.75) is 18.6 Å². The molecule has 31 heavy (non-hydrogen) atoms. The van der Waals surface area contributed by atoms with Gasteiger partial charge in [-0.05, 0) is 31.3 Å². The van der Waals surface area contributed by atoms with Crippen molar-refractivity contribution in [3.8, 4) is 5.75 Å². The van der Waals surface area contributed by atoms with Gasteiger partial charge >= 0.3 is 6.18 Å². The third-order valence-electron chi connectivity index (χ3n) is 4.68. The van der Waals surface area contributed by atoms with E-state index in [1.165, 1.54) is 11.0 Å². The maximum Gasteiger partial charge on any atom is 0.417 e. The van der Waals surface area contributed by atoms with E-state index in [2.05, 4.69) is 10.6 Å². The minimum Gasteiger partial charge on any atom is -0.493 e. The fraction of sp³-hybridized carbons (Fsp3) is 0.333. The van der Waals surface area contributed by atoms with Gasteiger partial charge in [-0.25, -0.2) is 0 Å². The van der Waals surface area contributed by atoms with Gasteiger partial charge in [0.05, 0.1) is 36.3 Å². The highest BCUT2D eigenvalue weighted by Crippen LogP contribution is 2.36. The lowest BCUT2D eigenvalue weighted by Gasteiger charge is -2.27. The zero-order valence-corrected chi connectivity index (χ0v) is 17.4. The van der Waals surface area contributed by atoms with Crippen LogP contribution in [0.25, 0.3) is 0 Å². The van der Waals surface area contributed by atoms with Crippen LogP contribution in [-0.4, -0.2) is 43.5 Å². The number of hydrogen-bond acceptors (Lipinski definition) is 4. The molecule has 1 aliphatic heterocycles. The van der Waals surface area contributed by atoms with E-state index in [1.807, 2.05) is 24.3 Å². The molecule has 0 saturated carbocycles. The largest absolute Gasteiger partial charge is 0.493 e. The summed E-state index contributed by atoms with van der Waals surface area (Å²) in [6, 6.07) is 10.4. The molecule has 0 fully saturated rings. The maximum atomic E-state index is 12.9. The summed E-state index contributed by atoms with van der Waals surface area (Å²) in [6.45, 7) is 0.254. The lowest BCUT2D eigenvalue weighted by molar-refractivity contribution is -0.137. The minimum absolute atomic E-state index is 0.0293. The van der Waals surface area contributed by atoms with Crippen LogP contribution in [0.3, 0.4) is 0 Å². The number of likely N-dealkylation sites (N-methyl/N-ethyl adjacent to an activating group) is 1. The fourth-order valence-corrected chi connectivity index (χ4v) is 3.52. The molecule has 6 nitrogen and oxygen atoms in total. The van der Waals surface area contributed by atoms with Gasteiger partial charge in [0.1, 0.15) is 5.75 Å². The summed E-state index contributed by atoms with van der Waals surface area (Å²) in [5.74, 6) is -0.0991. The fourth-order valence-electron chi connectivity index (χ4n) is 3.30. The SMILES string of the molecule is CN(CC(=O)Nc1ccc(Cl)c(C(F)(F)F)c1)CC(=O)N[C@@H]1CCOc2ccccc21. The molecule has 3 rings (SSSR count). The van der Waals surface area contributed by atoms with E-state index >= 15 is 0 Å². The molecular weight excluding hydrogens is 435 g/mol. The van der Waals surface area contributed by atoms with E-state index in [-0.39, 0.29) is 30.7 Å². The molecule has 0 aliphatic carbocycles. The van der Waals surface area contributed by atoms with Crippen molar-refractivity contribution >= 4 is 29.1 Å². The number of anilines is 1. The number of para-hydroxylation sites is 1. The first-order valence-electron chi connectivity index (χ1n) is 9.49. The molecule has 2 aromatic rings. The second-order valence-electron chi connectivity index (χ2n) is 7.21. The molecule has 0 saturated heterocycles. The van der Waals surface area contributed by atoms with E-state index in [0.717, 1.165) is 23.4 Å². The first-order valence-corrected chi connectivity index (χ1v) is 9.87. The van der Waals surface area contributed by atoms with E-state index < -0.39 is 22.7 Å². The van der Waals surface area contributed by atoms with Crippen LogP contribution in [0.2, 0.25) is 5.02 Å². The van der Waals surface area contributed by atoms with Crippen LogP contribution < -0.4 is 15.4 Å². The topological polar surface area (TPSA) is 70.7 Å². The van der Waals surface area contributed by atoms with Crippen LogP contribution in [0, 0.1) is 0 Å². The third-order valence-corrected chi connectivity index (χ3v) is 5.01. The Labute approximate surface area is 182 Å². The van der Waals surface area contributed by atoms with Crippen molar-refractivity contribution in [1.29, 1.82) is 0 Å². The average molecular weight is 456 g/mol. The van der Waals surface area contributed by atoms with Gasteiger partial charge < -0.3 is 15.4 Å². The number of carbonyl (C=O) groups excluding carboxylic acids is 2. The summed E-state index contributed by atoms with van der Waals surface area (Å²) in [5.41, 5.74) is -0.166. The number of fused-ring (bicyclic) bond motifs is 1. The quantitative estimate of drug-likeness (QED) is 0.693. The molecule has 1 atom stereocenters. The predicted octanol–water partition coefficient (Wildman–Crippen LogP) is 3.87. The summed E-state index contributed by atoms with van der Waals surface area (Å²) < 4.78 is 44.4. The molecule has 1 aliphatic rings. The van der Waals surface area contributed by atoms with Crippen LogP contribution in [0.5, 0.6) is 5.75 Å². The smallest absolute Gasteiger partial charge is 0.417 e. The molecule has 2 amide bonds. The average Bonchev–Trinajstić information content (AvgIpc) is 2.68. The van der Waals surface area contributed by atoms with Crippen molar-refractivity contribution in [2.75, 3.05) is 32.1 Å². The number of rotatable bonds is 6. The van der Waals surface area contributed by atoms with Crippen molar-refractivity contribution in [3.05, 3.63) is 58.6 Å². The van der Waals surface area contributed by atoms with Gasteiger partial charge in [-0.2, -0.15) is 13.2 Å². The van der Waals surface area contributed by atoms with Crippen molar-refractivity contribution in [3.63, 3.8) is 0 Å². The van der Waals surface area contributed by atoms with Crippen LogP contribution in [0.15, 0.2) is 42.5 Å². The minimum atomic E-state index is -4.63. The van der Waals surface area contributed by atoms with E-state index in [1.54, 1.807) is 7.05 Å². The Hall–Kier alpha value is -2.78. The Bertz CT molecular complexity index is 968. The summed E-state index contributed by atoms with van der Waals surface area (Å²) in [7, 11) is 1.57. The van der Waals surface area contributed by atoms with Gasteiger partial charge in [-0.15, -0.1) is 0 Å². The molecule has 10 heteroatoms. The number of halogens is 4. The van der Waals surface area contributed by atoms with Gasteiger partial charge in [-0.3, -0.25) is 14.5 Å². The first kappa shape index (κ1) is 22.9. The van der Waals surface area contributed by atoms with Crippen LogP contribution in [-0.2, 0) is 15.8 Å². The number of alkyl halides is 3. The number of amides is 2. The summed E-state index contributed by atoms with van der Waals surface area (Å²) in [4.78, 5) is 26.1. The normalized spacial score (nSPS) is 15.7. The summed E-state index contributed by atoms with van der Waals surface area (Å²) in [6.07, 6.45) is -4.00. The van der Waals surface area contributed by atoms with E-state index in [9.17, 15) is 22.8 Å². The molecule has 0 unspecified atom stereocenters. The summed E-state index contributed by atoms with van der Waals surface area (Å²) in [5, 5.41) is 4.87. The lowest BCUT2D eigenvalue weighted by Crippen LogP contribution is -2.41. The Kier molecular flexibility index (Phi) is 7.07. The Morgan fingerprint density at radius 2 is 1.87 bits per heavy atom. The zero-order chi connectivity index (χ0) is 22.6. The molecule has 0 spiro atoms. The highest BCUT2D eigenvalue weighted by atomic mass is 35.5. The van der Waals surface area contributed by atoms with Gasteiger partial charge in [0, 0.05) is 17.7 Å². The molecule has 166 valence electrons. The van der Waals surface area contributed by atoms with Gasteiger partial charge in [0.25, 0.3) is 0 Å². The molecule has 0 bridgehead atoms. The number of benzene rings is 2. The second kappa shape index (κ2) is 9.57. The lowest BCUT2D eigenvalue weighted by atomic mass is 10.0. The number of hydrogen-bond donors (Lipinski definition) is 2. The maximum absolute atomic E-state index is 12.9. The van der Waals surface area contributed by atoms with Crippen molar-refractivity contribution in [1.82, 2.24) is 10.2 Å². The molecule has 2 aromatic carbocycles. The van der Waals surface area contributed by atoms with Crippen LogP contribution in [0.1, 0.15) is 23.6 Å². The van der Waals surface area contributed by atoms with Gasteiger partial charge in [0.2, 0.25) is 11.8 Å². The number of ether oxygens (including phenoxy) is 1. The Morgan fingerprint density at radius 1 is 1.16 bits per heavy atom. The highest BCUT2D eigenvalue weighted by Gasteiger charge is 2.33. The molecular formula is C21H21ClF3N3O3. The predicted molar refractivity (Wildman–Crippen MR) is 110 cm³/mol. The van der Waals surface area contributed by atoms with Crippen LogP contribution in [0.4, 0.5) is 18.9 Å². The number of carbonyl (C=O) groups is 2. The van der Waals surface area contributed by atoms with Crippen molar-refractivity contribution in [2.24, 2.45) is 0 Å². The first-order chi connectivity index (χ1) is 14.6. The molecule has 1 heterocycles. The van der Waals surface area contributed by atoms with Crippen molar-refractivity contribution < 1.29 is 27.5 Å². The monoisotopic (exact) mass is 455 g/mol. The number of nitrogens with zero attached hydrogens (tertiary/aromatic N) is 1. The number of nitrogens with one attached hydrogen (secondary N) is 2. The zero-order valence-electron chi connectivity index (χ0n) is 16.6. The summed E-state index contributed by atoms with van der Waals surface area (Å²) >= 11 is 5.58. The van der Waals surface area contributed by atoms with Gasteiger partial charge in [-0.1, -0.05) is 29.8 Å². The highest BCUT2D eigenvalue weighted by molar-refractivity contribution is 6.31. The third kappa shape index (κ3) is 6.11. The Balaban J connectivity index is 1.52. The molecule has 2 N–H and O–H groups in total. The van der Waals surface area contributed by atoms with Crippen LogP contribution >= 0.6 is 11.6 Å². The standard InChI is InChI=1S/C21H21ClF3N3O3/c1-28(11-19(29)26-13-6-7-16(22)15(10-13)21(23,24)25)12-20(30)27-17-8-9-31-18-5-3-2-4-14(17)18/h2-7,10,17H,8-9,11-12H2,1H3,(H,26,29)(H,27,30)/t17-/m1/s1. The van der Waals surface area contributed by atoms with E-state index in [4.69, 9.17) is 16.3 Å². The molecule has 0 radical (unpaired) electrons.